The van der Waals surface area contributed by atoms with Crippen LogP contribution in [-0.4, -0.2) is 37.2 Å². The Hall–Kier alpha value is -2.63. The molecule has 1 unspecified atom stereocenters. The largest absolute Gasteiger partial charge is 0.462 e. The van der Waals surface area contributed by atoms with Gasteiger partial charge < -0.3 is 14.2 Å². The smallest absolute Gasteiger partial charge is 0.306 e. The summed E-state index contributed by atoms with van der Waals surface area (Å²) in [6, 6.07) is 0. The van der Waals surface area contributed by atoms with Gasteiger partial charge in [-0.25, -0.2) is 0 Å². The van der Waals surface area contributed by atoms with Gasteiger partial charge in [-0.2, -0.15) is 0 Å². The number of carbonyl (C=O) groups excluding carboxylic acids is 3. The van der Waals surface area contributed by atoms with Gasteiger partial charge in [0.05, 0.1) is 0 Å². The molecule has 0 radical (unpaired) electrons. The third kappa shape index (κ3) is 52.3. The Morgan fingerprint density at radius 3 is 0.864 bits per heavy atom. The second-order valence-corrected chi connectivity index (χ2v) is 19.3. The summed E-state index contributed by atoms with van der Waals surface area (Å²) >= 11 is 0. The number of esters is 3. The normalized spacial score (nSPS) is 12.3. The highest BCUT2D eigenvalue weighted by Crippen LogP contribution is 2.16. The zero-order valence-corrected chi connectivity index (χ0v) is 44.0. The van der Waals surface area contributed by atoms with E-state index in [0.717, 1.165) is 89.9 Å². The first kappa shape index (κ1) is 63.4. The van der Waals surface area contributed by atoms with Crippen molar-refractivity contribution in [3.8, 4) is 0 Å². The molecule has 0 saturated carbocycles. The van der Waals surface area contributed by atoms with E-state index in [9.17, 15) is 14.4 Å². The van der Waals surface area contributed by atoms with Crippen molar-refractivity contribution in [1.29, 1.82) is 0 Å². The monoisotopic (exact) mass is 925 g/mol. The van der Waals surface area contributed by atoms with Crippen LogP contribution in [0.4, 0.5) is 0 Å². The van der Waals surface area contributed by atoms with Gasteiger partial charge in [-0.3, -0.25) is 14.4 Å². The van der Waals surface area contributed by atoms with Gasteiger partial charge >= 0.3 is 17.9 Å². The Morgan fingerprint density at radius 1 is 0.303 bits per heavy atom. The maximum Gasteiger partial charge on any atom is 0.306 e. The number of carbonyl (C=O) groups is 3. The molecular formula is C60H108O6. The molecule has 0 heterocycles. The molecule has 0 aliphatic carbocycles. The molecule has 0 spiro atoms. The molecule has 66 heavy (non-hydrogen) atoms. The first-order chi connectivity index (χ1) is 32.5. The van der Waals surface area contributed by atoms with Crippen molar-refractivity contribution >= 4 is 17.9 Å². The molecular weight excluding hydrogens is 817 g/mol. The summed E-state index contributed by atoms with van der Waals surface area (Å²) < 4.78 is 16.8. The summed E-state index contributed by atoms with van der Waals surface area (Å²) in [4.78, 5) is 38.1. The van der Waals surface area contributed by atoms with Crippen LogP contribution in [-0.2, 0) is 28.6 Å². The highest BCUT2D eigenvalue weighted by Gasteiger charge is 2.19. The lowest BCUT2D eigenvalue weighted by Crippen LogP contribution is -2.30. The number of hydrogen-bond acceptors (Lipinski definition) is 6. The van der Waals surface area contributed by atoms with Crippen LogP contribution >= 0.6 is 0 Å². The van der Waals surface area contributed by atoms with Gasteiger partial charge in [-0.05, 0) is 64.2 Å². The fraction of sp³-hybridized carbons (Fsp3) is 0.817. The molecule has 1 atom stereocenters. The molecule has 0 aliphatic heterocycles. The number of hydrogen-bond donors (Lipinski definition) is 0. The lowest BCUT2D eigenvalue weighted by Gasteiger charge is -2.18. The standard InChI is InChI=1S/C60H108O6/c1-4-7-10-13-16-19-22-24-26-28-30-32-33-35-38-41-44-47-50-53-59(62)65-56-57(55-64-58(61)52-49-46-43-40-37-21-18-15-12-9-6-3)66-60(63)54-51-48-45-42-39-36-34-31-29-27-25-23-20-17-14-11-8-5-2/h15,18,21,27,29,31,34,37,57H,4-14,16-17,19-20,22-26,28,30,32-33,35-36,38-56H2,1-3H3/b18-15-,29-27-,34-31-,37-21-. The van der Waals surface area contributed by atoms with Gasteiger partial charge in [0, 0.05) is 19.3 Å². The predicted molar refractivity (Wildman–Crippen MR) is 284 cm³/mol. The molecule has 6 nitrogen and oxygen atoms in total. The molecule has 0 aromatic rings. The fourth-order valence-corrected chi connectivity index (χ4v) is 8.24. The van der Waals surface area contributed by atoms with Gasteiger partial charge in [-0.15, -0.1) is 0 Å². The Bertz CT molecular complexity index is 1150. The van der Waals surface area contributed by atoms with Crippen LogP contribution in [0.5, 0.6) is 0 Å². The van der Waals surface area contributed by atoms with Crippen LogP contribution in [0, 0.1) is 0 Å². The van der Waals surface area contributed by atoms with Crippen molar-refractivity contribution in [1.82, 2.24) is 0 Å². The highest BCUT2D eigenvalue weighted by atomic mass is 16.6. The van der Waals surface area contributed by atoms with E-state index in [1.165, 1.54) is 167 Å². The van der Waals surface area contributed by atoms with Gasteiger partial charge in [0.25, 0.3) is 0 Å². The summed E-state index contributed by atoms with van der Waals surface area (Å²) in [6.45, 7) is 6.58. The van der Waals surface area contributed by atoms with Crippen molar-refractivity contribution in [3.63, 3.8) is 0 Å². The van der Waals surface area contributed by atoms with Crippen molar-refractivity contribution < 1.29 is 28.6 Å². The molecule has 0 aromatic heterocycles. The van der Waals surface area contributed by atoms with Crippen molar-refractivity contribution in [2.24, 2.45) is 0 Å². The lowest BCUT2D eigenvalue weighted by atomic mass is 10.0. The Labute approximate surface area is 409 Å². The van der Waals surface area contributed by atoms with Crippen LogP contribution < -0.4 is 0 Å². The minimum Gasteiger partial charge on any atom is -0.462 e. The quantitative estimate of drug-likeness (QED) is 0.0262. The molecule has 0 fully saturated rings. The Kier molecular flexibility index (Phi) is 52.8. The molecule has 0 saturated heterocycles. The van der Waals surface area contributed by atoms with Crippen LogP contribution in [0.3, 0.4) is 0 Å². The molecule has 6 heteroatoms. The average Bonchev–Trinajstić information content (AvgIpc) is 3.31. The van der Waals surface area contributed by atoms with E-state index >= 15 is 0 Å². The predicted octanol–water partition coefficient (Wildman–Crippen LogP) is 19.0. The van der Waals surface area contributed by atoms with Gasteiger partial charge in [-0.1, -0.05) is 262 Å². The maximum absolute atomic E-state index is 12.8. The van der Waals surface area contributed by atoms with E-state index in [4.69, 9.17) is 14.2 Å². The minimum atomic E-state index is -0.789. The second kappa shape index (κ2) is 55.0. The van der Waals surface area contributed by atoms with E-state index in [1.54, 1.807) is 0 Å². The van der Waals surface area contributed by atoms with Crippen molar-refractivity contribution in [2.45, 2.75) is 303 Å². The van der Waals surface area contributed by atoms with E-state index in [-0.39, 0.29) is 31.1 Å². The zero-order valence-electron chi connectivity index (χ0n) is 44.0. The van der Waals surface area contributed by atoms with Crippen LogP contribution in [0.1, 0.15) is 297 Å². The number of ether oxygens (including phenoxy) is 3. The Morgan fingerprint density at radius 2 is 0.545 bits per heavy atom. The first-order valence-electron chi connectivity index (χ1n) is 28.7. The van der Waals surface area contributed by atoms with E-state index in [0.29, 0.717) is 19.3 Å². The zero-order chi connectivity index (χ0) is 47.9. The first-order valence-corrected chi connectivity index (χ1v) is 28.7. The van der Waals surface area contributed by atoms with E-state index in [1.807, 2.05) is 0 Å². The van der Waals surface area contributed by atoms with Gasteiger partial charge in [0.1, 0.15) is 13.2 Å². The third-order valence-electron chi connectivity index (χ3n) is 12.6. The van der Waals surface area contributed by atoms with Gasteiger partial charge in [0.15, 0.2) is 6.10 Å². The Balaban J connectivity index is 4.34. The average molecular weight is 926 g/mol. The molecule has 0 rings (SSSR count). The molecule has 384 valence electrons. The van der Waals surface area contributed by atoms with Gasteiger partial charge in [0.2, 0.25) is 0 Å². The lowest BCUT2D eigenvalue weighted by molar-refractivity contribution is -0.167. The SMILES string of the molecule is CCCC/C=C\C=C/CCCCCC(=O)OCC(COC(=O)CCCCCCCCCCCCCCCCCCCCC)OC(=O)CCCCCCC/C=C\C=C/CCCCCCCCC. The summed E-state index contributed by atoms with van der Waals surface area (Å²) in [5.41, 5.74) is 0. The summed E-state index contributed by atoms with van der Waals surface area (Å²) in [5.74, 6) is -0.917. The number of rotatable bonds is 52. The molecule has 0 aliphatic rings. The van der Waals surface area contributed by atoms with Crippen LogP contribution in [0.2, 0.25) is 0 Å². The third-order valence-corrected chi connectivity index (χ3v) is 12.6. The van der Waals surface area contributed by atoms with E-state index < -0.39 is 6.10 Å². The van der Waals surface area contributed by atoms with E-state index in [2.05, 4.69) is 69.4 Å². The van der Waals surface area contributed by atoms with Crippen molar-refractivity contribution in [3.05, 3.63) is 48.6 Å². The molecule has 0 bridgehead atoms. The highest BCUT2D eigenvalue weighted by molar-refractivity contribution is 5.71. The number of allylic oxidation sites excluding steroid dienone is 8. The molecule has 0 aromatic carbocycles. The topological polar surface area (TPSA) is 78.9 Å². The number of unbranched alkanes of at least 4 members (excludes halogenated alkanes) is 35. The second-order valence-electron chi connectivity index (χ2n) is 19.3. The fourth-order valence-electron chi connectivity index (χ4n) is 8.24. The van der Waals surface area contributed by atoms with Crippen molar-refractivity contribution in [2.75, 3.05) is 13.2 Å². The maximum atomic E-state index is 12.8. The van der Waals surface area contributed by atoms with Crippen LogP contribution in [0.15, 0.2) is 48.6 Å². The molecule has 0 amide bonds. The molecule has 0 N–H and O–H groups in total. The minimum absolute atomic E-state index is 0.0853. The summed E-state index contributed by atoms with van der Waals surface area (Å²) in [5, 5.41) is 0. The van der Waals surface area contributed by atoms with Crippen LogP contribution in [0.25, 0.3) is 0 Å². The summed E-state index contributed by atoms with van der Waals surface area (Å²) in [7, 11) is 0. The summed E-state index contributed by atoms with van der Waals surface area (Å²) in [6.07, 6.45) is 66.8.